The summed E-state index contributed by atoms with van der Waals surface area (Å²) in [5, 5.41) is 0. The molecule has 0 amide bonds. The minimum atomic E-state index is -0.0615. The van der Waals surface area contributed by atoms with Gasteiger partial charge in [-0.2, -0.15) is 0 Å². The molecule has 6 aromatic rings. The molecule has 1 nitrogen and oxygen atoms in total. The number of aliphatic imine (C=N–C) groups is 1. The van der Waals surface area contributed by atoms with E-state index in [-0.39, 0.29) is 5.41 Å². The average Bonchev–Trinajstić information content (AvgIpc) is 3.54. The maximum absolute atomic E-state index is 5.10. The standard InChI is InChI=1S/C43H31NS/c1-43(2)36-23-13-22-35(41(36)42-37(43)28-40(45-42)31-18-10-5-11-19-31)34-21-12-20-32(26-34)33-24-25-38(29-14-6-3-7-15-29)44-39(27-33)30-16-8-4-9-17-30/h3-24,26-28H,1-2H3. The van der Waals surface area contributed by atoms with Crippen molar-refractivity contribution in [3.05, 3.63) is 185 Å². The molecule has 214 valence electrons. The van der Waals surface area contributed by atoms with Crippen molar-refractivity contribution in [1.82, 2.24) is 0 Å². The molecule has 8 rings (SSSR count). The van der Waals surface area contributed by atoms with E-state index in [1.165, 1.54) is 43.1 Å². The number of benzene rings is 5. The molecule has 0 saturated carbocycles. The van der Waals surface area contributed by atoms with Crippen LogP contribution in [-0.2, 0) is 5.41 Å². The van der Waals surface area contributed by atoms with Gasteiger partial charge >= 0.3 is 0 Å². The average molecular weight is 594 g/mol. The maximum Gasteiger partial charge on any atom is 0.113 e. The molecular weight excluding hydrogens is 563 g/mol. The Bertz CT molecular complexity index is 2190. The first-order valence-corrected chi connectivity index (χ1v) is 16.2. The zero-order valence-electron chi connectivity index (χ0n) is 25.3. The van der Waals surface area contributed by atoms with Gasteiger partial charge < -0.3 is 0 Å². The van der Waals surface area contributed by atoms with Gasteiger partial charge in [0.15, 0.2) is 0 Å². The quantitative estimate of drug-likeness (QED) is 0.176. The molecule has 0 atom stereocenters. The number of hydrogen-bond donors (Lipinski definition) is 0. The zero-order chi connectivity index (χ0) is 30.4. The Hall–Kier alpha value is -5.27. The van der Waals surface area contributed by atoms with Crippen molar-refractivity contribution in [2.75, 3.05) is 0 Å². The molecule has 1 aliphatic heterocycles. The second kappa shape index (κ2) is 11.0. The first-order valence-electron chi connectivity index (χ1n) is 15.4. The lowest BCUT2D eigenvalue weighted by atomic mass is 9.82. The van der Waals surface area contributed by atoms with Crippen LogP contribution in [0.5, 0.6) is 0 Å². The Kier molecular flexibility index (Phi) is 6.68. The van der Waals surface area contributed by atoms with E-state index in [9.17, 15) is 0 Å². The van der Waals surface area contributed by atoms with Gasteiger partial charge in [-0.15, -0.1) is 11.3 Å². The van der Waals surface area contributed by atoms with E-state index in [2.05, 4.69) is 147 Å². The van der Waals surface area contributed by atoms with Crippen LogP contribution in [0.1, 0.15) is 41.7 Å². The van der Waals surface area contributed by atoms with E-state index in [0.29, 0.717) is 0 Å². The Morgan fingerprint density at radius 2 is 1.20 bits per heavy atom. The summed E-state index contributed by atoms with van der Waals surface area (Å²) < 4.78 is 0. The SMILES string of the molecule is CC1(C)c2cc(-c3ccccc3)sc2-c2c(-c3cccc(C4=CC(c5ccccc5)=NC(c5ccccc5)=C=C4)c3)cccc21. The van der Waals surface area contributed by atoms with Crippen LogP contribution in [0, 0.1) is 0 Å². The highest BCUT2D eigenvalue weighted by Crippen LogP contribution is 2.56. The second-order valence-electron chi connectivity index (χ2n) is 12.1. The molecule has 2 aliphatic rings. The van der Waals surface area contributed by atoms with Crippen molar-refractivity contribution >= 4 is 28.3 Å². The van der Waals surface area contributed by atoms with Gasteiger partial charge in [0.1, 0.15) is 5.70 Å². The summed E-state index contributed by atoms with van der Waals surface area (Å²) in [5.41, 5.74) is 17.5. The van der Waals surface area contributed by atoms with Crippen molar-refractivity contribution in [3.8, 4) is 32.0 Å². The fourth-order valence-electron chi connectivity index (χ4n) is 6.54. The lowest BCUT2D eigenvalue weighted by Crippen LogP contribution is -2.14. The van der Waals surface area contributed by atoms with Gasteiger partial charge in [0, 0.05) is 31.9 Å². The van der Waals surface area contributed by atoms with Crippen LogP contribution in [0.15, 0.2) is 162 Å². The summed E-state index contributed by atoms with van der Waals surface area (Å²) in [6, 6.07) is 49.6. The Labute approximate surface area is 268 Å². The van der Waals surface area contributed by atoms with E-state index < -0.39 is 0 Å². The molecule has 2 heteroatoms. The van der Waals surface area contributed by atoms with Gasteiger partial charge in [-0.25, -0.2) is 4.99 Å². The molecule has 1 aromatic heterocycles. The Balaban J connectivity index is 1.26. The largest absolute Gasteiger partial charge is 0.239 e. The summed E-state index contributed by atoms with van der Waals surface area (Å²) in [5.74, 6) is 0. The van der Waals surface area contributed by atoms with Gasteiger partial charge in [-0.3, -0.25) is 0 Å². The van der Waals surface area contributed by atoms with E-state index in [0.717, 1.165) is 33.7 Å². The maximum atomic E-state index is 5.10. The minimum absolute atomic E-state index is 0.0615. The first kappa shape index (κ1) is 27.3. The van der Waals surface area contributed by atoms with Crippen molar-refractivity contribution < 1.29 is 0 Å². The van der Waals surface area contributed by atoms with Crippen LogP contribution in [0.3, 0.4) is 0 Å². The highest BCUT2D eigenvalue weighted by atomic mass is 32.1. The van der Waals surface area contributed by atoms with Gasteiger partial charge in [0.2, 0.25) is 0 Å². The van der Waals surface area contributed by atoms with Crippen LogP contribution in [0.25, 0.3) is 43.3 Å². The van der Waals surface area contributed by atoms with Crippen LogP contribution in [-0.4, -0.2) is 5.71 Å². The fraction of sp³-hybridized carbons (Fsp3) is 0.0698. The van der Waals surface area contributed by atoms with Gasteiger partial charge in [-0.05, 0) is 63.2 Å². The van der Waals surface area contributed by atoms with Crippen LogP contribution in [0.4, 0.5) is 0 Å². The van der Waals surface area contributed by atoms with E-state index >= 15 is 0 Å². The predicted molar refractivity (Wildman–Crippen MR) is 192 cm³/mol. The van der Waals surface area contributed by atoms with Crippen molar-refractivity contribution in [2.24, 2.45) is 4.99 Å². The first-order chi connectivity index (χ1) is 22.1. The molecule has 0 unspecified atom stereocenters. The molecule has 0 fully saturated rings. The lowest BCUT2D eigenvalue weighted by molar-refractivity contribution is 0.662. The van der Waals surface area contributed by atoms with Gasteiger partial charge in [0.05, 0.1) is 5.71 Å². The Morgan fingerprint density at radius 1 is 0.578 bits per heavy atom. The van der Waals surface area contributed by atoms with Gasteiger partial charge in [0.25, 0.3) is 0 Å². The van der Waals surface area contributed by atoms with E-state index in [1.54, 1.807) is 0 Å². The van der Waals surface area contributed by atoms with Crippen LogP contribution < -0.4 is 0 Å². The summed E-state index contributed by atoms with van der Waals surface area (Å²) in [6.07, 6.45) is 4.28. The molecule has 1 aliphatic carbocycles. The summed E-state index contributed by atoms with van der Waals surface area (Å²) >= 11 is 1.91. The smallest absolute Gasteiger partial charge is 0.113 e. The number of hydrogen-bond acceptors (Lipinski definition) is 2. The number of rotatable bonds is 5. The number of fused-ring (bicyclic) bond motifs is 3. The third kappa shape index (κ3) is 4.86. The van der Waals surface area contributed by atoms with Crippen LogP contribution >= 0.6 is 11.3 Å². The molecule has 0 bridgehead atoms. The van der Waals surface area contributed by atoms with E-state index in [4.69, 9.17) is 4.99 Å². The topological polar surface area (TPSA) is 12.4 Å². The van der Waals surface area contributed by atoms with Crippen molar-refractivity contribution in [3.63, 3.8) is 0 Å². The Morgan fingerprint density at radius 3 is 1.93 bits per heavy atom. The van der Waals surface area contributed by atoms with E-state index in [1.807, 2.05) is 35.6 Å². The third-order valence-corrected chi connectivity index (χ3v) is 10.1. The van der Waals surface area contributed by atoms with Gasteiger partial charge in [-0.1, -0.05) is 147 Å². The third-order valence-electron chi connectivity index (χ3n) is 8.94. The molecule has 0 radical (unpaired) electrons. The van der Waals surface area contributed by atoms with Crippen LogP contribution in [0.2, 0.25) is 0 Å². The highest BCUT2D eigenvalue weighted by molar-refractivity contribution is 7.19. The summed E-state index contributed by atoms with van der Waals surface area (Å²) in [4.78, 5) is 7.81. The molecule has 0 saturated heterocycles. The molecule has 2 heterocycles. The zero-order valence-corrected chi connectivity index (χ0v) is 26.1. The molecule has 5 aromatic carbocycles. The fourth-order valence-corrected chi connectivity index (χ4v) is 7.94. The van der Waals surface area contributed by atoms with Crippen molar-refractivity contribution in [1.29, 1.82) is 0 Å². The summed E-state index contributed by atoms with van der Waals surface area (Å²) in [6.45, 7) is 4.73. The van der Waals surface area contributed by atoms with Crippen molar-refractivity contribution in [2.45, 2.75) is 19.3 Å². The highest BCUT2D eigenvalue weighted by Gasteiger charge is 2.39. The molecule has 0 spiro atoms. The molecular formula is C43H31NS. The lowest BCUT2D eigenvalue weighted by Gasteiger charge is -2.21. The molecule has 0 N–H and O–H groups in total. The summed E-state index contributed by atoms with van der Waals surface area (Å²) in [7, 11) is 0. The predicted octanol–water partition coefficient (Wildman–Crippen LogP) is 11.5. The number of allylic oxidation sites excluding steroid dienone is 3. The number of thiophene rings is 1. The monoisotopic (exact) mass is 593 g/mol. The second-order valence-corrected chi connectivity index (χ2v) is 13.2. The normalized spacial score (nSPS) is 14.6. The molecule has 45 heavy (non-hydrogen) atoms. The number of nitrogens with zero attached hydrogens (tertiary/aromatic N) is 1. The minimum Gasteiger partial charge on any atom is -0.239 e.